The van der Waals surface area contributed by atoms with Crippen molar-refractivity contribution in [2.24, 2.45) is 0 Å². The van der Waals surface area contributed by atoms with E-state index in [1.165, 1.54) is 10.9 Å². The Hall–Kier alpha value is -2.83. The summed E-state index contributed by atoms with van der Waals surface area (Å²) in [5.41, 5.74) is 3.14. The summed E-state index contributed by atoms with van der Waals surface area (Å²) in [7, 11) is 0. The van der Waals surface area contributed by atoms with Crippen molar-refractivity contribution in [1.29, 1.82) is 0 Å². The second-order valence-corrected chi connectivity index (χ2v) is 7.16. The number of pyridine rings is 1. The zero-order valence-electron chi connectivity index (χ0n) is 15.9. The molecule has 7 nitrogen and oxygen atoms in total. The Bertz CT molecular complexity index is 1080. The van der Waals surface area contributed by atoms with E-state index in [0.29, 0.717) is 16.7 Å². The molecule has 0 aromatic carbocycles. The molecule has 1 N–H and O–H groups in total. The molecule has 0 aliphatic rings. The Morgan fingerprint density at radius 1 is 1.00 bits per heavy atom. The van der Waals surface area contributed by atoms with Crippen LogP contribution in [0.2, 0.25) is 0 Å². The summed E-state index contributed by atoms with van der Waals surface area (Å²) in [5, 5.41) is 0.376. The highest BCUT2D eigenvalue weighted by Crippen LogP contribution is 2.28. The molecule has 0 bridgehead atoms. The predicted molar refractivity (Wildman–Crippen MR) is 101 cm³/mol. The monoisotopic (exact) mass is 353 g/mol. The van der Waals surface area contributed by atoms with Gasteiger partial charge in [-0.2, -0.15) is 0 Å². The summed E-state index contributed by atoms with van der Waals surface area (Å²) >= 11 is 0. The highest BCUT2D eigenvalue weighted by Gasteiger charge is 2.22. The fourth-order valence-corrected chi connectivity index (χ4v) is 3.04. The molecular weight excluding hydrogens is 330 g/mol. The fourth-order valence-electron chi connectivity index (χ4n) is 3.04. The summed E-state index contributed by atoms with van der Waals surface area (Å²) in [4.78, 5) is 41.0. The topological polar surface area (TPSA) is 93.5 Å². The number of nitrogens with zero attached hydrogens (tertiary/aromatic N) is 4. The minimum atomic E-state index is -0.531. The summed E-state index contributed by atoms with van der Waals surface area (Å²) in [6, 6.07) is 1.76. The van der Waals surface area contributed by atoms with Gasteiger partial charge >= 0.3 is 5.69 Å². The van der Waals surface area contributed by atoms with E-state index in [1.807, 2.05) is 41.5 Å². The number of aromatic amines is 1. The molecule has 0 fully saturated rings. The maximum Gasteiger partial charge on any atom is 0.334 e. The van der Waals surface area contributed by atoms with E-state index < -0.39 is 11.2 Å². The third-order valence-electron chi connectivity index (χ3n) is 4.52. The molecule has 3 heterocycles. The molecule has 0 aliphatic heterocycles. The Balaban J connectivity index is 2.57. The van der Waals surface area contributed by atoms with E-state index in [4.69, 9.17) is 0 Å². The normalized spacial score (nSPS) is 11.7. The molecule has 0 amide bonds. The van der Waals surface area contributed by atoms with Crippen LogP contribution in [-0.4, -0.2) is 24.5 Å². The predicted octanol–water partition coefficient (Wildman–Crippen LogP) is 2.73. The van der Waals surface area contributed by atoms with Crippen molar-refractivity contribution >= 4 is 11.0 Å². The Morgan fingerprint density at radius 3 is 2.12 bits per heavy atom. The molecular formula is C19H23N5O2. The van der Waals surface area contributed by atoms with E-state index in [9.17, 15) is 9.59 Å². The number of rotatable bonds is 3. The molecule has 3 aromatic heterocycles. The molecule has 0 saturated heterocycles. The van der Waals surface area contributed by atoms with Crippen molar-refractivity contribution in [2.75, 3.05) is 0 Å². The Kier molecular flexibility index (Phi) is 4.48. The molecule has 0 aliphatic carbocycles. The zero-order chi connectivity index (χ0) is 19.2. The molecule has 0 spiro atoms. The van der Waals surface area contributed by atoms with Crippen molar-refractivity contribution < 1.29 is 0 Å². The van der Waals surface area contributed by atoms with Crippen molar-refractivity contribution in [3.8, 4) is 5.69 Å². The van der Waals surface area contributed by atoms with Crippen molar-refractivity contribution in [3.05, 3.63) is 55.9 Å². The van der Waals surface area contributed by atoms with Crippen LogP contribution in [0, 0.1) is 13.8 Å². The van der Waals surface area contributed by atoms with Crippen LogP contribution in [0.4, 0.5) is 0 Å². The van der Waals surface area contributed by atoms with Crippen molar-refractivity contribution in [1.82, 2.24) is 24.5 Å². The molecule has 0 unspecified atom stereocenters. The van der Waals surface area contributed by atoms with E-state index in [-0.39, 0.29) is 11.8 Å². The molecule has 0 atom stereocenters. The van der Waals surface area contributed by atoms with Gasteiger partial charge in [-0.3, -0.25) is 9.78 Å². The molecule has 3 rings (SSSR count). The average molecular weight is 353 g/mol. The zero-order valence-corrected chi connectivity index (χ0v) is 15.9. The molecule has 0 radical (unpaired) electrons. The van der Waals surface area contributed by atoms with Gasteiger partial charge < -0.3 is 0 Å². The van der Waals surface area contributed by atoms with Gasteiger partial charge in [-0.05, 0) is 37.3 Å². The lowest BCUT2D eigenvalue weighted by molar-refractivity contribution is 0.733. The quantitative estimate of drug-likeness (QED) is 0.781. The largest absolute Gasteiger partial charge is 0.334 e. The lowest BCUT2D eigenvalue weighted by atomic mass is 10.0. The Labute approximate surface area is 151 Å². The van der Waals surface area contributed by atoms with Crippen LogP contribution in [0.5, 0.6) is 0 Å². The van der Waals surface area contributed by atoms with E-state index in [0.717, 1.165) is 22.6 Å². The van der Waals surface area contributed by atoms with Gasteiger partial charge in [-0.15, -0.1) is 0 Å². The summed E-state index contributed by atoms with van der Waals surface area (Å²) in [6.45, 7) is 11.8. The second-order valence-electron chi connectivity index (χ2n) is 7.16. The molecule has 136 valence electrons. The minimum absolute atomic E-state index is 0.0749. The van der Waals surface area contributed by atoms with Crippen LogP contribution in [0.15, 0.2) is 22.0 Å². The van der Waals surface area contributed by atoms with Gasteiger partial charge in [0, 0.05) is 5.69 Å². The second kappa shape index (κ2) is 6.48. The van der Waals surface area contributed by atoms with Gasteiger partial charge in [0.1, 0.15) is 6.33 Å². The van der Waals surface area contributed by atoms with E-state index in [1.54, 1.807) is 6.07 Å². The number of H-pyrrole nitrogens is 1. The smallest absolute Gasteiger partial charge is 0.273 e. The summed E-state index contributed by atoms with van der Waals surface area (Å²) in [6.07, 6.45) is 1.52. The maximum atomic E-state index is 12.8. The SMILES string of the molecule is Cc1cc2c(=O)[nH]c(=O)n(-c3c(C(C)C)ncnc3C(C)C)c2nc1C. The van der Waals surface area contributed by atoms with Gasteiger partial charge in [0.05, 0.1) is 22.5 Å². The van der Waals surface area contributed by atoms with Crippen LogP contribution in [0.1, 0.15) is 62.2 Å². The van der Waals surface area contributed by atoms with Crippen LogP contribution < -0.4 is 11.2 Å². The van der Waals surface area contributed by atoms with E-state index >= 15 is 0 Å². The lowest BCUT2D eigenvalue weighted by Crippen LogP contribution is -2.32. The fraction of sp³-hybridized carbons (Fsp3) is 0.421. The van der Waals surface area contributed by atoms with Gasteiger partial charge in [0.25, 0.3) is 5.56 Å². The standard InChI is InChI=1S/C19H23N5O2/c1-9(2)14-16(15(10(3)4)21-8-20-14)24-17-13(18(25)23-19(24)26)7-11(5)12(6)22-17/h7-10H,1-6H3,(H,23,25,26). The van der Waals surface area contributed by atoms with Crippen molar-refractivity contribution in [3.63, 3.8) is 0 Å². The third kappa shape index (κ3) is 2.83. The highest BCUT2D eigenvalue weighted by atomic mass is 16.2. The van der Waals surface area contributed by atoms with E-state index in [2.05, 4.69) is 19.9 Å². The molecule has 3 aromatic rings. The van der Waals surface area contributed by atoms with Crippen LogP contribution >= 0.6 is 0 Å². The van der Waals surface area contributed by atoms with Crippen LogP contribution in [0.3, 0.4) is 0 Å². The average Bonchev–Trinajstić information content (AvgIpc) is 2.56. The number of aromatic nitrogens is 5. The summed E-state index contributed by atoms with van der Waals surface area (Å²) in [5.74, 6) is 0.150. The van der Waals surface area contributed by atoms with Crippen LogP contribution in [0.25, 0.3) is 16.7 Å². The number of nitrogens with one attached hydrogen (secondary N) is 1. The first kappa shape index (κ1) is 18.0. The first-order chi connectivity index (χ1) is 12.2. The van der Waals surface area contributed by atoms with Crippen molar-refractivity contribution in [2.45, 2.75) is 53.4 Å². The Morgan fingerprint density at radius 2 is 1.58 bits per heavy atom. The lowest BCUT2D eigenvalue weighted by Gasteiger charge is -2.19. The van der Waals surface area contributed by atoms with Crippen LogP contribution in [-0.2, 0) is 0 Å². The number of hydrogen-bond donors (Lipinski definition) is 1. The minimum Gasteiger partial charge on any atom is -0.273 e. The number of fused-ring (bicyclic) bond motifs is 1. The summed E-state index contributed by atoms with van der Waals surface area (Å²) < 4.78 is 1.45. The molecule has 7 heteroatoms. The third-order valence-corrected chi connectivity index (χ3v) is 4.52. The first-order valence-corrected chi connectivity index (χ1v) is 8.70. The first-order valence-electron chi connectivity index (χ1n) is 8.70. The maximum absolute atomic E-state index is 12.8. The number of hydrogen-bond acceptors (Lipinski definition) is 5. The molecule has 26 heavy (non-hydrogen) atoms. The number of aryl methyl sites for hydroxylation is 2. The van der Waals surface area contributed by atoms with Gasteiger partial charge in [0.15, 0.2) is 5.65 Å². The van der Waals surface area contributed by atoms with Gasteiger partial charge in [0.2, 0.25) is 0 Å². The van der Waals surface area contributed by atoms with Gasteiger partial charge in [-0.1, -0.05) is 27.7 Å². The van der Waals surface area contributed by atoms with Gasteiger partial charge in [-0.25, -0.2) is 24.3 Å². The molecule has 0 saturated carbocycles. The highest BCUT2D eigenvalue weighted by molar-refractivity contribution is 5.77.